The number of hydrogen-bond acceptors (Lipinski definition) is 5. The largest absolute Gasteiger partial charge is 0.352 e. The summed E-state index contributed by atoms with van der Waals surface area (Å²) in [5.74, 6) is 2.93. The van der Waals surface area contributed by atoms with Crippen LogP contribution in [0.25, 0.3) is 0 Å². The van der Waals surface area contributed by atoms with Crippen LogP contribution in [-0.4, -0.2) is 46.6 Å². The first-order chi connectivity index (χ1) is 12.1. The topological polar surface area (TPSA) is 71.3 Å². The van der Waals surface area contributed by atoms with Gasteiger partial charge in [0.25, 0.3) is 0 Å². The Balaban J connectivity index is 1.67. The first kappa shape index (κ1) is 20.9. The number of aromatic nitrogens is 2. The fourth-order valence-corrected chi connectivity index (χ4v) is 3.78. The second kappa shape index (κ2) is 8.98. The van der Waals surface area contributed by atoms with Crippen LogP contribution in [0, 0.1) is 11.8 Å². The highest BCUT2D eigenvalue weighted by molar-refractivity contribution is 5.76. The van der Waals surface area contributed by atoms with E-state index >= 15 is 0 Å². The zero-order valence-electron chi connectivity index (χ0n) is 17.3. The number of hydrogen-bond donors (Lipinski definition) is 1. The molecule has 1 fully saturated rings. The van der Waals surface area contributed by atoms with Crippen LogP contribution in [0.1, 0.15) is 72.5 Å². The molecule has 1 aromatic heterocycles. The highest BCUT2D eigenvalue weighted by Gasteiger charge is 2.23. The molecule has 1 aliphatic rings. The van der Waals surface area contributed by atoms with E-state index in [1.54, 1.807) is 0 Å². The highest BCUT2D eigenvalue weighted by Crippen LogP contribution is 2.21. The fraction of sp³-hybridized carbons (Fsp3) is 0.850. The van der Waals surface area contributed by atoms with E-state index in [0.717, 1.165) is 43.7 Å². The van der Waals surface area contributed by atoms with E-state index in [9.17, 15) is 4.79 Å². The summed E-state index contributed by atoms with van der Waals surface area (Å²) in [5.41, 5.74) is -0.113. The number of carbonyl (C=O) groups excluding carboxylic acids is 1. The van der Waals surface area contributed by atoms with E-state index in [0.29, 0.717) is 18.7 Å². The number of rotatable bonds is 7. The van der Waals surface area contributed by atoms with E-state index in [1.807, 2.05) is 0 Å². The first-order valence-corrected chi connectivity index (χ1v) is 9.98. The summed E-state index contributed by atoms with van der Waals surface area (Å²) < 4.78 is 5.28. The van der Waals surface area contributed by atoms with Crippen LogP contribution in [0.2, 0.25) is 0 Å². The normalized spacial score (nSPS) is 23.0. The molecule has 0 aromatic carbocycles. The number of likely N-dealkylation sites (tertiary alicyclic amines) is 1. The molecule has 148 valence electrons. The molecule has 1 amide bonds. The number of amides is 1. The zero-order valence-corrected chi connectivity index (χ0v) is 17.3. The second-order valence-electron chi connectivity index (χ2n) is 9.25. The lowest BCUT2D eigenvalue weighted by atomic mass is 9.92. The van der Waals surface area contributed by atoms with Gasteiger partial charge in [-0.2, -0.15) is 4.98 Å². The lowest BCUT2D eigenvalue weighted by Crippen LogP contribution is -2.46. The first-order valence-electron chi connectivity index (χ1n) is 9.98. The molecule has 1 aromatic rings. The van der Waals surface area contributed by atoms with Crippen molar-refractivity contribution in [2.45, 2.75) is 78.7 Å². The van der Waals surface area contributed by atoms with Crippen molar-refractivity contribution in [1.82, 2.24) is 20.4 Å². The van der Waals surface area contributed by atoms with Crippen LogP contribution in [0.5, 0.6) is 0 Å². The van der Waals surface area contributed by atoms with Gasteiger partial charge in [-0.3, -0.25) is 4.79 Å². The second-order valence-corrected chi connectivity index (χ2v) is 9.25. The molecule has 0 spiro atoms. The Labute approximate surface area is 158 Å². The summed E-state index contributed by atoms with van der Waals surface area (Å²) >= 11 is 0. The van der Waals surface area contributed by atoms with E-state index in [2.05, 4.69) is 61.9 Å². The molecule has 6 heteroatoms. The molecule has 6 nitrogen and oxygen atoms in total. The number of aryl methyl sites for hydroxylation is 1. The van der Waals surface area contributed by atoms with Crippen LogP contribution in [0.4, 0.5) is 0 Å². The average Bonchev–Trinajstić information content (AvgIpc) is 2.94. The molecule has 3 atom stereocenters. The Bertz CT molecular complexity index is 569. The standard InChI is InChI=1S/C20H36N4O2/c1-14-10-15(2)12-24(11-14)13-16(3)21-17(25)8-7-9-18-22-19(23-26-18)20(4,5)6/h14-16H,7-13H2,1-6H3,(H,21,25). The average molecular weight is 365 g/mol. The lowest BCUT2D eigenvalue weighted by molar-refractivity contribution is -0.121. The maximum Gasteiger partial charge on any atom is 0.226 e. The van der Waals surface area contributed by atoms with Gasteiger partial charge in [0.1, 0.15) is 0 Å². The minimum Gasteiger partial charge on any atom is -0.352 e. The third-order valence-electron chi connectivity index (χ3n) is 4.82. The molecule has 0 bridgehead atoms. The van der Waals surface area contributed by atoms with Gasteiger partial charge in [-0.25, -0.2) is 0 Å². The number of nitrogens with zero attached hydrogens (tertiary/aromatic N) is 3. The summed E-state index contributed by atoms with van der Waals surface area (Å²) in [5, 5.41) is 7.14. The monoisotopic (exact) mass is 364 g/mol. The molecule has 1 N–H and O–H groups in total. The van der Waals surface area contributed by atoms with Gasteiger partial charge >= 0.3 is 0 Å². The van der Waals surface area contributed by atoms with Crippen molar-refractivity contribution in [1.29, 1.82) is 0 Å². The van der Waals surface area contributed by atoms with Crippen molar-refractivity contribution in [3.63, 3.8) is 0 Å². The fourth-order valence-electron chi connectivity index (χ4n) is 3.78. The molecule has 0 radical (unpaired) electrons. The SMILES string of the molecule is CC1CC(C)CN(CC(C)NC(=O)CCCc2nc(C(C)(C)C)no2)C1. The summed E-state index contributed by atoms with van der Waals surface area (Å²) in [7, 11) is 0. The smallest absolute Gasteiger partial charge is 0.226 e. The van der Waals surface area contributed by atoms with Crippen molar-refractivity contribution < 1.29 is 9.32 Å². The molecular weight excluding hydrogens is 328 g/mol. The predicted octanol–water partition coefficient (Wildman–Crippen LogP) is 3.17. The van der Waals surface area contributed by atoms with Gasteiger partial charge in [0.15, 0.2) is 5.82 Å². The third kappa shape index (κ3) is 6.71. The Kier molecular flexibility index (Phi) is 7.21. The number of carbonyl (C=O) groups is 1. The van der Waals surface area contributed by atoms with Crippen LogP contribution in [-0.2, 0) is 16.6 Å². The van der Waals surface area contributed by atoms with Gasteiger partial charge < -0.3 is 14.7 Å². The summed E-state index contributed by atoms with van der Waals surface area (Å²) in [4.78, 5) is 19.1. The van der Waals surface area contributed by atoms with Crippen molar-refractivity contribution in [2.24, 2.45) is 11.8 Å². The van der Waals surface area contributed by atoms with Crippen LogP contribution in [0.3, 0.4) is 0 Å². The molecule has 0 saturated carbocycles. The summed E-state index contributed by atoms with van der Waals surface area (Å²) in [6.45, 7) is 16.1. The zero-order chi connectivity index (χ0) is 19.3. The van der Waals surface area contributed by atoms with Gasteiger partial charge in [-0.15, -0.1) is 0 Å². The molecule has 2 heterocycles. The Morgan fingerprint density at radius 1 is 1.31 bits per heavy atom. The number of piperidine rings is 1. The Morgan fingerprint density at radius 2 is 1.96 bits per heavy atom. The minimum absolute atomic E-state index is 0.103. The van der Waals surface area contributed by atoms with E-state index in [4.69, 9.17) is 4.52 Å². The van der Waals surface area contributed by atoms with Crippen molar-refractivity contribution >= 4 is 5.91 Å². The summed E-state index contributed by atoms with van der Waals surface area (Å²) in [6, 6.07) is 0.177. The highest BCUT2D eigenvalue weighted by atomic mass is 16.5. The molecule has 1 saturated heterocycles. The lowest BCUT2D eigenvalue weighted by Gasteiger charge is -2.36. The minimum atomic E-state index is -0.113. The third-order valence-corrected chi connectivity index (χ3v) is 4.82. The molecule has 0 aliphatic carbocycles. The van der Waals surface area contributed by atoms with Gasteiger partial charge in [-0.05, 0) is 31.6 Å². The van der Waals surface area contributed by atoms with Gasteiger partial charge in [-0.1, -0.05) is 39.8 Å². The molecule has 26 heavy (non-hydrogen) atoms. The molecule has 3 unspecified atom stereocenters. The predicted molar refractivity (Wildman–Crippen MR) is 103 cm³/mol. The Morgan fingerprint density at radius 3 is 2.54 bits per heavy atom. The van der Waals surface area contributed by atoms with Crippen LogP contribution in [0.15, 0.2) is 4.52 Å². The van der Waals surface area contributed by atoms with Gasteiger partial charge in [0.05, 0.1) is 0 Å². The van der Waals surface area contributed by atoms with E-state index in [-0.39, 0.29) is 17.4 Å². The number of nitrogens with one attached hydrogen (secondary N) is 1. The van der Waals surface area contributed by atoms with E-state index < -0.39 is 0 Å². The molecule has 2 rings (SSSR count). The van der Waals surface area contributed by atoms with Crippen LogP contribution < -0.4 is 5.32 Å². The van der Waals surface area contributed by atoms with Crippen molar-refractivity contribution in [2.75, 3.05) is 19.6 Å². The quantitative estimate of drug-likeness (QED) is 0.804. The molecular formula is C20H36N4O2. The molecule has 1 aliphatic heterocycles. The maximum absolute atomic E-state index is 12.2. The maximum atomic E-state index is 12.2. The van der Waals surface area contributed by atoms with Gasteiger partial charge in [0.2, 0.25) is 11.8 Å². The van der Waals surface area contributed by atoms with Gasteiger partial charge in [0, 0.05) is 43.9 Å². The van der Waals surface area contributed by atoms with E-state index in [1.165, 1.54) is 6.42 Å². The van der Waals surface area contributed by atoms with Crippen molar-refractivity contribution in [3.8, 4) is 0 Å². The Hall–Kier alpha value is -1.43. The summed E-state index contributed by atoms with van der Waals surface area (Å²) in [6.07, 6.45) is 3.17. The van der Waals surface area contributed by atoms with Crippen molar-refractivity contribution in [3.05, 3.63) is 11.7 Å². The van der Waals surface area contributed by atoms with Crippen LogP contribution >= 0.6 is 0 Å².